The lowest BCUT2D eigenvalue weighted by Gasteiger charge is -2.28. The number of hydrogen-bond acceptors (Lipinski definition) is 4. The van der Waals surface area contributed by atoms with E-state index in [4.69, 9.17) is 18.3 Å². The zero-order chi connectivity index (χ0) is 10.5. The average molecular weight is 208 g/mol. The molecule has 0 aliphatic carbocycles. The van der Waals surface area contributed by atoms with Gasteiger partial charge in [0.2, 0.25) is 0 Å². The van der Waals surface area contributed by atoms with Crippen LogP contribution >= 0.6 is 0 Å². The molecule has 0 saturated carbocycles. The zero-order valence-electron chi connectivity index (χ0n) is 9.29. The van der Waals surface area contributed by atoms with Crippen LogP contribution < -0.4 is 0 Å². The molecule has 0 rings (SSSR count). The lowest BCUT2D eigenvalue weighted by atomic mass is 10.8. The highest BCUT2D eigenvalue weighted by molar-refractivity contribution is 6.64. The van der Waals surface area contributed by atoms with Gasteiger partial charge in [-0.15, -0.1) is 0 Å². The maximum absolute atomic E-state index is 5.57. The van der Waals surface area contributed by atoms with E-state index in [1.807, 2.05) is 26.9 Å². The molecule has 2 atom stereocenters. The zero-order valence-corrected chi connectivity index (χ0v) is 10.3. The predicted molar refractivity (Wildman–Crippen MR) is 52.6 cm³/mol. The van der Waals surface area contributed by atoms with Gasteiger partial charge in [0.25, 0.3) is 0 Å². The van der Waals surface area contributed by atoms with Crippen LogP contribution in [-0.2, 0) is 18.3 Å². The van der Waals surface area contributed by atoms with Gasteiger partial charge in [0.1, 0.15) is 12.6 Å². The predicted octanol–water partition coefficient (Wildman–Crippen LogP) is 1.71. The van der Waals surface area contributed by atoms with E-state index in [9.17, 15) is 0 Å². The molecule has 0 heterocycles. The lowest BCUT2D eigenvalue weighted by Crippen LogP contribution is -2.41. The van der Waals surface area contributed by atoms with Gasteiger partial charge in [-0.1, -0.05) is 0 Å². The molecule has 4 nitrogen and oxygen atoms in total. The molecule has 80 valence electrons. The third-order valence-electron chi connectivity index (χ3n) is 1.56. The van der Waals surface area contributed by atoms with Crippen LogP contribution in [0.5, 0.6) is 0 Å². The molecule has 5 heteroatoms. The van der Waals surface area contributed by atoms with Crippen molar-refractivity contribution in [2.45, 2.75) is 39.5 Å². The summed E-state index contributed by atoms with van der Waals surface area (Å²) in [7, 11) is 1.09. The summed E-state index contributed by atoms with van der Waals surface area (Å²) in [5.41, 5.74) is 0. The van der Waals surface area contributed by atoms with Crippen molar-refractivity contribution in [1.82, 2.24) is 0 Å². The van der Waals surface area contributed by atoms with Crippen molar-refractivity contribution in [3.8, 4) is 0 Å². The van der Waals surface area contributed by atoms with Crippen LogP contribution in [0.4, 0.5) is 0 Å². The van der Waals surface area contributed by atoms with Crippen molar-refractivity contribution in [2.75, 3.05) is 14.2 Å². The molecule has 0 N–H and O–H groups in total. The second-order valence-electron chi connectivity index (χ2n) is 3.24. The molecule has 0 saturated heterocycles. The summed E-state index contributed by atoms with van der Waals surface area (Å²) in [4.78, 5) is 0. The first-order valence-corrected chi connectivity index (χ1v) is 7.14. The van der Waals surface area contributed by atoms with E-state index < -0.39 is 8.56 Å². The van der Waals surface area contributed by atoms with Crippen molar-refractivity contribution in [2.24, 2.45) is 0 Å². The molecule has 2 unspecified atom stereocenters. The molecule has 0 bridgehead atoms. The molecule has 0 spiro atoms. The van der Waals surface area contributed by atoms with Gasteiger partial charge in [-0.3, -0.25) is 0 Å². The minimum absolute atomic E-state index is 0.231. The van der Waals surface area contributed by atoms with Gasteiger partial charge in [0, 0.05) is 14.2 Å². The summed E-state index contributed by atoms with van der Waals surface area (Å²) in [6.07, 6.45) is -0.462. The largest absolute Gasteiger partial charge is 0.368 e. The summed E-state index contributed by atoms with van der Waals surface area (Å²) >= 11 is 0. The topological polar surface area (TPSA) is 36.9 Å². The van der Waals surface area contributed by atoms with E-state index in [0.717, 1.165) is 0 Å². The number of rotatable bonds is 6. The van der Waals surface area contributed by atoms with Crippen LogP contribution in [0.15, 0.2) is 0 Å². The summed E-state index contributed by atoms with van der Waals surface area (Å²) in [6.45, 7) is 7.60. The Kier molecular flexibility index (Phi) is 5.74. The van der Waals surface area contributed by atoms with E-state index >= 15 is 0 Å². The van der Waals surface area contributed by atoms with Crippen LogP contribution in [0.3, 0.4) is 0 Å². The highest BCUT2D eigenvalue weighted by Crippen LogP contribution is 2.12. The van der Waals surface area contributed by atoms with Gasteiger partial charge in [-0.2, -0.15) is 0 Å². The molecule has 0 radical (unpaired) electrons. The maximum Gasteiger partial charge on any atom is 0.335 e. The Morgan fingerprint density at radius 1 is 0.846 bits per heavy atom. The van der Waals surface area contributed by atoms with Crippen LogP contribution in [0.25, 0.3) is 0 Å². The Morgan fingerprint density at radius 2 is 1.15 bits per heavy atom. The smallest absolute Gasteiger partial charge is 0.335 e. The van der Waals surface area contributed by atoms with E-state index in [1.54, 1.807) is 14.2 Å². The molecule has 13 heavy (non-hydrogen) atoms. The Hall–Kier alpha value is 0.0569. The summed E-state index contributed by atoms with van der Waals surface area (Å²) in [6, 6.07) is 0. The summed E-state index contributed by atoms with van der Waals surface area (Å²) in [5, 5.41) is 0. The highest BCUT2D eigenvalue weighted by atomic mass is 28.4. The van der Waals surface area contributed by atoms with E-state index in [2.05, 4.69) is 0 Å². The normalized spacial score (nSPS) is 17.1. The van der Waals surface area contributed by atoms with Crippen molar-refractivity contribution >= 4 is 8.56 Å². The molecule has 0 amide bonds. The number of methoxy groups -OCH3 is 2. The fourth-order valence-corrected chi connectivity index (χ4v) is 2.77. The monoisotopic (exact) mass is 208 g/mol. The second-order valence-corrected chi connectivity index (χ2v) is 6.51. The maximum atomic E-state index is 5.57. The Labute approximate surface area is 81.4 Å². The van der Waals surface area contributed by atoms with Crippen LogP contribution in [-0.4, -0.2) is 35.4 Å². The molecular weight excluding hydrogens is 188 g/mol. The molecular formula is C8H20O4Si. The fourth-order valence-electron chi connectivity index (χ4n) is 0.923. The molecule has 0 aromatic heterocycles. The van der Waals surface area contributed by atoms with Gasteiger partial charge < -0.3 is 18.3 Å². The Balaban J connectivity index is 3.92. The first-order valence-electron chi connectivity index (χ1n) is 4.32. The Bertz CT molecular complexity index is 126. The van der Waals surface area contributed by atoms with Crippen molar-refractivity contribution < 1.29 is 18.3 Å². The first kappa shape index (κ1) is 13.1. The Morgan fingerprint density at radius 3 is 1.38 bits per heavy atom. The summed E-state index contributed by atoms with van der Waals surface area (Å²) in [5.74, 6) is 0. The fraction of sp³-hybridized carbons (Fsp3) is 1.00. The molecule has 0 aliphatic rings. The quantitative estimate of drug-likeness (QED) is 0.492. The molecule has 0 aromatic carbocycles. The second kappa shape index (κ2) is 5.72. The first-order chi connectivity index (χ1) is 5.91. The minimum Gasteiger partial charge on any atom is -0.368 e. The van der Waals surface area contributed by atoms with Gasteiger partial charge >= 0.3 is 8.56 Å². The summed E-state index contributed by atoms with van der Waals surface area (Å²) < 4.78 is 21.1. The average Bonchev–Trinajstić information content (AvgIpc) is 2.02. The van der Waals surface area contributed by atoms with Gasteiger partial charge in [0.05, 0.1) is 0 Å². The number of hydrogen-bond donors (Lipinski definition) is 0. The van der Waals surface area contributed by atoms with Crippen molar-refractivity contribution in [3.05, 3.63) is 0 Å². The van der Waals surface area contributed by atoms with Gasteiger partial charge in [-0.25, -0.2) is 0 Å². The van der Waals surface area contributed by atoms with Crippen LogP contribution in [0.1, 0.15) is 13.8 Å². The minimum atomic E-state index is -2.12. The molecule has 0 fully saturated rings. The number of ether oxygens (including phenoxy) is 2. The lowest BCUT2D eigenvalue weighted by molar-refractivity contribution is -0.100. The SMILES string of the molecule is COC(C)O[Si](C)(C)OC(C)OC. The van der Waals surface area contributed by atoms with Gasteiger partial charge in [-0.05, 0) is 26.9 Å². The molecule has 0 aliphatic heterocycles. The van der Waals surface area contributed by atoms with Crippen LogP contribution in [0.2, 0.25) is 13.1 Å². The third-order valence-corrected chi connectivity index (χ3v) is 3.36. The van der Waals surface area contributed by atoms with E-state index in [-0.39, 0.29) is 12.6 Å². The van der Waals surface area contributed by atoms with Crippen LogP contribution in [0, 0.1) is 0 Å². The molecule has 0 aromatic rings. The highest BCUT2D eigenvalue weighted by Gasteiger charge is 2.29. The standard InChI is InChI=1S/C8H20O4Si/c1-7(9-3)11-13(5,6)12-8(2)10-4/h7-8H,1-6H3. The van der Waals surface area contributed by atoms with E-state index in [0.29, 0.717) is 0 Å². The van der Waals surface area contributed by atoms with E-state index in [1.165, 1.54) is 0 Å². The third kappa shape index (κ3) is 6.17. The van der Waals surface area contributed by atoms with Crippen molar-refractivity contribution in [3.63, 3.8) is 0 Å². The van der Waals surface area contributed by atoms with Gasteiger partial charge in [0.15, 0.2) is 0 Å². The van der Waals surface area contributed by atoms with Crippen molar-refractivity contribution in [1.29, 1.82) is 0 Å².